The molecular formula is C28H43BrN2O6. The van der Waals surface area contributed by atoms with Gasteiger partial charge in [0.05, 0.1) is 37.2 Å². The van der Waals surface area contributed by atoms with Gasteiger partial charge in [0.2, 0.25) is 11.8 Å². The Morgan fingerprint density at radius 3 is 2.59 bits per heavy atom. The molecular weight excluding hydrogens is 540 g/mol. The predicted molar refractivity (Wildman–Crippen MR) is 145 cm³/mol. The first-order chi connectivity index (χ1) is 17.6. The van der Waals surface area contributed by atoms with Crippen LogP contribution >= 0.6 is 15.9 Å². The fourth-order valence-corrected chi connectivity index (χ4v) is 7.47. The van der Waals surface area contributed by atoms with Gasteiger partial charge in [-0.1, -0.05) is 55.3 Å². The summed E-state index contributed by atoms with van der Waals surface area (Å²) in [6, 6.07) is -1.59. The second-order valence-electron chi connectivity index (χ2n) is 11.0. The highest BCUT2D eigenvalue weighted by atomic mass is 79.9. The third kappa shape index (κ3) is 5.41. The van der Waals surface area contributed by atoms with Crippen LogP contribution in [0.25, 0.3) is 0 Å². The van der Waals surface area contributed by atoms with E-state index in [4.69, 9.17) is 9.47 Å². The smallest absolute Gasteiger partial charge is 0.312 e. The van der Waals surface area contributed by atoms with Crippen molar-refractivity contribution in [2.45, 2.75) is 94.5 Å². The number of carbonyl (C=O) groups excluding carboxylic acids is 3. The summed E-state index contributed by atoms with van der Waals surface area (Å²) in [6.45, 7) is 15.8. The number of aliphatic hydroxyl groups excluding tert-OH is 1. The number of carbonyl (C=O) groups is 3. The van der Waals surface area contributed by atoms with Gasteiger partial charge in [-0.15, -0.1) is 13.2 Å². The fourth-order valence-electron chi connectivity index (χ4n) is 6.53. The first-order valence-electron chi connectivity index (χ1n) is 13.5. The van der Waals surface area contributed by atoms with Crippen molar-refractivity contribution in [3.63, 3.8) is 0 Å². The highest BCUT2D eigenvalue weighted by Crippen LogP contribution is 2.61. The second kappa shape index (κ2) is 12.4. The normalized spacial score (nSPS) is 31.8. The highest BCUT2D eigenvalue weighted by molar-refractivity contribution is 9.09. The molecule has 8 atom stereocenters. The van der Waals surface area contributed by atoms with Gasteiger partial charge in [-0.3, -0.25) is 14.4 Å². The molecule has 3 fully saturated rings. The van der Waals surface area contributed by atoms with Crippen molar-refractivity contribution in [1.29, 1.82) is 0 Å². The van der Waals surface area contributed by atoms with Crippen LogP contribution in [0.2, 0.25) is 0 Å². The summed E-state index contributed by atoms with van der Waals surface area (Å²) < 4.78 is 12.1. The van der Waals surface area contributed by atoms with E-state index >= 15 is 0 Å². The number of likely N-dealkylation sites (tertiary alicyclic amines) is 1. The van der Waals surface area contributed by atoms with E-state index < -0.39 is 41.6 Å². The Bertz CT molecular complexity index is 881. The Morgan fingerprint density at radius 1 is 1.32 bits per heavy atom. The third-order valence-electron chi connectivity index (χ3n) is 7.99. The van der Waals surface area contributed by atoms with Crippen molar-refractivity contribution in [2.24, 2.45) is 17.8 Å². The van der Waals surface area contributed by atoms with Crippen LogP contribution in [-0.2, 0) is 23.9 Å². The molecule has 4 unspecified atom stereocenters. The molecule has 0 aromatic carbocycles. The van der Waals surface area contributed by atoms with Gasteiger partial charge in [-0.25, -0.2) is 0 Å². The van der Waals surface area contributed by atoms with Crippen molar-refractivity contribution in [1.82, 2.24) is 9.80 Å². The molecule has 3 rings (SSSR count). The SMILES string of the molecule is C=CCCOC(=O)[C@H]1[C@@H]2OC3(CC2Br)C(C(=O)N(CC=C)C(C)CCC)N([C@@H](CO)CC(C)C)C(=O)[C@H]13. The van der Waals surface area contributed by atoms with Crippen LogP contribution in [0.5, 0.6) is 0 Å². The summed E-state index contributed by atoms with van der Waals surface area (Å²) in [7, 11) is 0. The van der Waals surface area contributed by atoms with E-state index in [1.54, 1.807) is 22.0 Å². The second-order valence-corrected chi connectivity index (χ2v) is 12.2. The molecule has 8 nitrogen and oxygen atoms in total. The molecule has 9 heteroatoms. The zero-order valence-corrected chi connectivity index (χ0v) is 24.2. The van der Waals surface area contributed by atoms with Crippen molar-refractivity contribution in [3.8, 4) is 0 Å². The maximum atomic E-state index is 14.4. The van der Waals surface area contributed by atoms with E-state index in [-0.39, 0.29) is 41.8 Å². The third-order valence-corrected chi connectivity index (χ3v) is 8.84. The number of fused-ring (bicyclic) bond motifs is 1. The largest absolute Gasteiger partial charge is 0.465 e. The van der Waals surface area contributed by atoms with Crippen LogP contribution in [-0.4, -0.2) is 87.1 Å². The van der Waals surface area contributed by atoms with E-state index in [0.29, 0.717) is 25.8 Å². The minimum Gasteiger partial charge on any atom is -0.465 e. The van der Waals surface area contributed by atoms with Crippen molar-refractivity contribution in [2.75, 3.05) is 19.8 Å². The van der Waals surface area contributed by atoms with Gasteiger partial charge < -0.3 is 24.4 Å². The van der Waals surface area contributed by atoms with E-state index in [1.165, 1.54) is 0 Å². The summed E-state index contributed by atoms with van der Waals surface area (Å²) in [6.07, 6.45) is 5.94. The van der Waals surface area contributed by atoms with Crippen molar-refractivity contribution >= 4 is 33.7 Å². The number of esters is 1. The summed E-state index contributed by atoms with van der Waals surface area (Å²) in [5, 5.41) is 10.4. The van der Waals surface area contributed by atoms with E-state index in [9.17, 15) is 19.5 Å². The molecule has 3 aliphatic heterocycles. The summed E-state index contributed by atoms with van der Waals surface area (Å²) in [4.78, 5) is 45.0. The average Bonchev–Trinajstić information content (AvgIpc) is 3.44. The molecule has 0 aromatic rings. The number of aliphatic hydroxyl groups is 1. The minimum atomic E-state index is -1.18. The van der Waals surface area contributed by atoms with Gasteiger partial charge in [-0.2, -0.15) is 0 Å². The Balaban J connectivity index is 2.10. The zero-order valence-electron chi connectivity index (χ0n) is 22.6. The van der Waals surface area contributed by atoms with Gasteiger partial charge in [-0.05, 0) is 38.5 Å². The molecule has 0 radical (unpaired) electrons. The first-order valence-corrected chi connectivity index (χ1v) is 14.4. The topological polar surface area (TPSA) is 96.4 Å². The van der Waals surface area contributed by atoms with Gasteiger partial charge in [0.25, 0.3) is 0 Å². The van der Waals surface area contributed by atoms with Gasteiger partial charge in [0.1, 0.15) is 11.6 Å². The molecule has 0 aliphatic carbocycles. The quantitative estimate of drug-likeness (QED) is 0.146. The number of halogens is 1. The van der Waals surface area contributed by atoms with Crippen molar-refractivity contribution in [3.05, 3.63) is 25.3 Å². The lowest BCUT2D eigenvalue weighted by molar-refractivity contribution is -0.157. The van der Waals surface area contributed by atoms with E-state index in [1.807, 2.05) is 20.8 Å². The number of hydrogen-bond donors (Lipinski definition) is 1. The summed E-state index contributed by atoms with van der Waals surface area (Å²) in [5.74, 6) is -2.51. The maximum Gasteiger partial charge on any atom is 0.312 e. The number of hydrogen-bond acceptors (Lipinski definition) is 6. The minimum absolute atomic E-state index is 0.0707. The molecule has 1 spiro atoms. The lowest BCUT2D eigenvalue weighted by Gasteiger charge is -2.41. The zero-order chi connectivity index (χ0) is 27.5. The van der Waals surface area contributed by atoms with Crippen molar-refractivity contribution < 1.29 is 29.0 Å². The van der Waals surface area contributed by atoms with Crippen LogP contribution in [0.15, 0.2) is 25.3 Å². The average molecular weight is 584 g/mol. The molecule has 2 amide bonds. The van der Waals surface area contributed by atoms with Crippen LogP contribution in [0.1, 0.15) is 59.8 Å². The molecule has 37 heavy (non-hydrogen) atoms. The van der Waals surface area contributed by atoms with Gasteiger partial charge >= 0.3 is 5.97 Å². The molecule has 2 bridgehead atoms. The Morgan fingerprint density at radius 2 is 2.03 bits per heavy atom. The lowest BCUT2D eigenvalue weighted by Crippen LogP contribution is -2.60. The van der Waals surface area contributed by atoms with Crippen LogP contribution < -0.4 is 0 Å². The number of ether oxygens (including phenoxy) is 2. The van der Waals surface area contributed by atoms with Crippen LogP contribution in [0.4, 0.5) is 0 Å². The monoisotopic (exact) mass is 582 g/mol. The lowest BCUT2D eigenvalue weighted by atomic mass is 9.70. The predicted octanol–water partition coefficient (Wildman–Crippen LogP) is 3.46. The number of nitrogens with zero attached hydrogens (tertiary/aromatic N) is 2. The Kier molecular flexibility index (Phi) is 10.0. The van der Waals surface area contributed by atoms with E-state index in [2.05, 4.69) is 36.0 Å². The van der Waals surface area contributed by atoms with Gasteiger partial charge in [0, 0.05) is 17.4 Å². The Labute approximate surface area is 229 Å². The summed E-state index contributed by atoms with van der Waals surface area (Å²) >= 11 is 3.68. The summed E-state index contributed by atoms with van der Waals surface area (Å²) in [5.41, 5.74) is -1.18. The molecule has 3 heterocycles. The molecule has 0 saturated carbocycles. The van der Waals surface area contributed by atoms with E-state index in [0.717, 1.165) is 12.8 Å². The molecule has 1 N–H and O–H groups in total. The number of amides is 2. The Hall–Kier alpha value is -1.71. The van der Waals surface area contributed by atoms with Crippen LogP contribution in [0.3, 0.4) is 0 Å². The first kappa shape index (κ1) is 29.8. The fraction of sp³-hybridized carbons (Fsp3) is 0.750. The molecule has 3 saturated heterocycles. The number of rotatable bonds is 14. The van der Waals surface area contributed by atoms with Crippen LogP contribution in [0, 0.1) is 17.8 Å². The molecule has 0 aromatic heterocycles. The maximum absolute atomic E-state index is 14.4. The number of alkyl halides is 1. The standard InChI is InChI=1S/C28H43BrN2O6/c1-7-10-13-36-27(35)21-22-25(33)31(19(16-32)14-17(4)5)24(28(22)15-20(29)23(21)37-28)26(34)30(12-9-3)18(6)11-8-2/h7,9,17-24,32H,1,3,8,10-16H2,2,4-6H3/t18?,19-,20?,21-,22+,23-,24?,28?/m1/s1. The highest BCUT2D eigenvalue weighted by Gasteiger charge is 2.77. The van der Waals surface area contributed by atoms with Gasteiger partial charge in [0.15, 0.2) is 0 Å². The molecule has 208 valence electrons. The molecule has 3 aliphatic rings.